The quantitative estimate of drug-likeness (QED) is 0.648. The molecule has 1 N–H and O–H groups in total. The second-order valence-electron chi connectivity index (χ2n) is 5.79. The van der Waals surface area contributed by atoms with E-state index in [1.165, 1.54) is 4.90 Å². The van der Waals surface area contributed by atoms with Crippen molar-refractivity contribution in [2.75, 3.05) is 11.9 Å². The number of amides is 3. The largest absolute Gasteiger partial charge is 0.326 e. The number of imide groups is 1. The van der Waals surface area contributed by atoms with Crippen molar-refractivity contribution in [2.45, 2.75) is 19.3 Å². The number of rotatable bonds is 4. The molecule has 1 aliphatic carbocycles. The van der Waals surface area contributed by atoms with Crippen LogP contribution >= 0.6 is 15.9 Å². The maximum atomic E-state index is 12.3. The molecule has 2 atom stereocenters. The first-order chi connectivity index (χ1) is 11.1. The Morgan fingerprint density at radius 2 is 1.65 bits per heavy atom. The summed E-state index contributed by atoms with van der Waals surface area (Å²) < 4.78 is 0.931. The molecular weight excluding hydrogens is 360 g/mol. The fourth-order valence-corrected chi connectivity index (χ4v) is 3.32. The monoisotopic (exact) mass is 376 g/mol. The first-order valence-electron chi connectivity index (χ1n) is 7.62. The van der Waals surface area contributed by atoms with Gasteiger partial charge in [-0.3, -0.25) is 19.3 Å². The summed E-state index contributed by atoms with van der Waals surface area (Å²) in [6.45, 7) is 0.146. The normalized spacial score (nSPS) is 23.1. The van der Waals surface area contributed by atoms with Crippen molar-refractivity contribution < 1.29 is 14.4 Å². The van der Waals surface area contributed by atoms with Crippen molar-refractivity contribution in [3.63, 3.8) is 0 Å². The molecule has 1 aliphatic heterocycles. The van der Waals surface area contributed by atoms with Crippen LogP contribution in [0.2, 0.25) is 0 Å². The van der Waals surface area contributed by atoms with Gasteiger partial charge >= 0.3 is 0 Å². The Morgan fingerprint density at radius 3 is 2.22 bits per heavy atom. The first-order valence-corrected chi connectivity index (χ1v) is 8.41. The van der Waals surface area contributed by atoms with Crippen molar-refractivity contribution in [3.05, 3.63) is 40.9 Å². The van der Waals surface area contributed by atoms with E-state index in [0.29, 0.717) is 18.5 Å². The van der Waals surface area contributed by atoms with Gasteiger partial charge in [0.05, 0.1) is 11.8 Å². The third kappa shape index (κ3) is 3.37. The topological polar surface area (TPSA) is 66.5 Å². The Morgan fingerprint density at radius 1 is 1.09 bits per heavy atom. The lowest BCUT2D eigenvalue weighted by Crippen LogP contribution is -2.34. The van der Waals surface area contributed by atoms with Gasteiger partial charge in [0.25, 0.3) is 0 Å². The van der Waals surface area contributed by atoms with Crippen LogP contribution in [-0.4, -0.2) is 29.2 Å². The van der Waals surface area contributed by atoms with E-state index in [2.05, 4.69) is 21.2 Å². The Balaban J connectivity index is 1.56. The summed E-state index contributed by atoms with van der Waals surface area (Å²) in [5.74, 6) is -0.952. The molecule has 1 saturated heterocycles. The first kappa shape index (κ1) is 15.9. The van der Waals surface area contributed by atoms with Gasteiger partial charge in [0.1, 0.15) is 0 Å². The number of nitrogens with zero attached hydrogens (tertiary/aromatic N) is 1. The molecule has 120 valence electrons. The van der Waals surface area contributed by atoms with E-state index in [0.717, 1.165) is 4.47 Å². The van der Waals surface area contributed by atoms with Gasteiger partial charge in [-0.05, 0) is 37.1 Å². The van der Waals surface area contributed by atoms with Crippen LogP contribution in [0.4, 0.5) is 5.69 Å². The Labute approximate surface area is 142 Å². The number of nitrogens with one attached hydrogen (secondary N) is 1. The number of benzene rings is 1. The molecule has 5 nitrogen and oxygen atoms in total. The van der Waals surface area contributed by atoms with Crippen molar-refractivity contribution in [3.8, 4) is 0 Å². The molecule has 3 rings (SSSR count). The van der Waals surface area contributed by atoms with Gasteiger partial charge in [0, 0.05) is 23.1 Å². The van der Waals surface area contributed by atoms with Crippen LogP contribution in [-0.2, 0) is 14.4 Å². The molecule has 2 aliphatic rings. The van der Waals surface area contributed by atoms with Gasteiger partial charge in [-0.15, -0.1) is 0 Å². The molecule has 0 saturated carbocycles. The van der Waals surface area contributed by atoms with Gasteiger partial charge < -0.3 is 5.32 Å². The molecule has 0 bridgehead atoms. The number of hydrogen-bond donors (Lipinski definition) is 1. The summed E-state index contributed by atoms with van der Waals surface area (Å²) in [6.07, 6.45) is 5.26. The molecule has 0 radical (unpaired) electrons. The van der Waals surface area contributed by atoms with Crippen molar-refractivity contribution in [1.29, 1.82) is 0 Å². The molecule has 3 amide bonds. The number of carbonyl (C=O) groups excluding carboxylic acids is 3. The van der Waals surface area contributed by atoms with E-state index >= 15 is 0 Å². The minimum atomic E-state index is -0.234. The molecule has 1 aromatic carbocycles. The highest BCUT2D eigenvalue weighted by atomic mass is 79.9. The number of carbonyl (C=O) groups is 3. The average Bonchev–Trinajstić information content (AvgIpc) is 2.80. The molecule has 23 heavy (non-hydrogen) atoms. The second-order valence-corrected chi connectivity index (χ2v) is 6.70. The number of hydrogen-bond acceptors (Lipinski definition) is 3. The van der Waals surface area contributed by atoms with Gasteiger partial charge in [0.2, 0.25) is 17.7 Å². The summed E-state index contributed by atoms with van der Waals surface area (Å²) >= 11 is 3.33. The van der Waals surface area contributed by atoms with E-state index < -0.39 is 0 Å². The fraction of sp³-hybridized carbons (Fsp3) is 0.353. The highest BCUT2D eigenvalue weighted by Gasteiger charge is 2.46. The minimum absolute atomic E-state index is 0.112. The van der Waals surface area contributed by atoms with Gasteiger partial charge in [-0.1, -0.05) is 28.1 Å². The molecule has 0 aromatic heterocycles. The lowest BCUT2D eigenvalue weighted by Gasteiger charge is -2.14. The summed E-state index contributed by atoms with van der Waals surface area (Å²) in [7, 11) is 0. The van der Waals surface area contributed by atoms with Crippen LogP contribution in [0.1, 0.15) is 19.3 Å². The zero-order valence-corrected chi connectivity index (χ0v) is 14.1. The van der Waals surface area contributed by atoms with Crippen molar-refractivity contribution in [2.24, 2.45) is 11.8 Å². The highest BCUT2D eigenvalue weighted by Crippen LogP contribution is 2.35. The third-order valence-electron chi connectivity index (χ3n) is 4.29. The second kappa shape index (κ2) is 6.66. The fourth-order valence-electron chi connectivity index (χ4n) is 3.06. The van der Waals surface area contributed by atoms with Crippen LogP contribution in [0, 0.1) is 11.8 Å². The van der Waals surface area contributed by atoms with E-state index in [1.54, 1.807) is 12.1 Å². The molecule has 1 fully saturated rings. The van der Waals surface area contributed by atoms with Gasteiger partial charge in [-0.25, -0.2) is 0 Å². The van der Waals surface area contributed by atoms with Crippen molar-refractivity contribution in [1.82, 2.24) is 4.90 Å². The molecule has 1 heterocycles. The van der Waals surface area contributed by atoms with Crippen LogP contribution < -0.4 is 5.32 Å². The standard InChI is InChI=1S/C17H17BrN2O3/c18-11-5-7-12(8-6-11)19-15(21)9-10-20-16(22)13-3-1-2-4-14(13)17(20)23/h1-2,5-8,13-14H,3-4,9-10H2,(H,19,21)/t13-,14-/m0/s1. The maximum absolute atomic E-state index is 12.3. The van der Waals surface area contributed by atoms with E-state index in [9.17, 15) is 14.4 Å². The molecule has 0 spiro atoms. The summed E-state index contributed by atoms with van der Waals surface area (Å²) in [4.78, 5) is 37.8. The molecular formula is C17H17BrN2O3. The van der Waals surface area contributed by atoms with E-state index in [4.69, 9.17) is 0 Å². The predicted octanol–water partition coefficient (Wildman–Crippen LogP) is 2.73. The number of fused-ring (bicyclic) bond motifs is 1. The predicted molar refractivity (Wildman–Crippen MR) is 89.5 cm³/mol. The lowest BCUT2D eigenvalue weighted by atomic mass is 9.85. The zero-order valence-electron chi connectivity index (χ0n) is 12.5. The molecule has 1 aromatic rings. The molecule has 0 unspecified atom stereocenters. The van der Waals surface area contributed by atoms with E-state index in [1.807, 2.05) is 24.3 Å². The number of anilines is 1. The van der Waals surface area contributed by atoms with Crippen LogP contribution in [0.3, 0.4) is 0 Å². The highest BCUT2D eigenvalue weighted by molar-refractivity contribution is 9.10. The smallest absolute Gasteiger partial charge is 0.233 e. The SMILES string of the molecule is O=C(CCN1C(=O)[C@H]2CC=CC[C@@H]2C1=O)Nc1ccc(Br)cc1. The molecule has 6 heteroatoms. The minimum Gasteiger partial charge on any atom is -0.326 e. The number of halogens is 1. The zero-order chi connectivity index (χ0) is 16.4. The van der Waals surface area contributed by atoms with E-state index in [-0.39, 0.29) is 42.5 Å². The van der Waals surface area contributed by atoms with Crippen LogP contribution in [0.15, 0.2) is 40.9 Å². The van der Waals surface area contributed by atoms with Crippen LogP contribution in [0.5, 0.6) is 0 Å². The summed E-state index contributed by atoms with van der Waals surface area (Å²) in [5.41, 5.74) is 0.690. The summed E-state index contributed by atoms with van der Waals surface area (Å²) in [6, 6.07) is 7.24. The average molecular weight is 377 g/mol. The Bertz CT molecular complexity index is 643. The van der Waals surface area contributed by atoms with Gasteiger partial charge in [-0.2, -0.15) is 0 Å². The van der Waals surface area contributed by atoms with Crippen LogP contribution in [0.25, 0.3) is 0 Å². The number of likely N-dealkylation sites (tertiary alicyclic amines) is 1. The van der Waals surface area contributed by atoms with Crippen molar-refractivity contribution >= 4 is 39.3 Å². The van der Waals surface area contributed by atoms with Gasteiger partial charge in [0.15, 0.2) is 0 Å². The Hall–Kier alpha value is -1.95. The maximum Gasteiger partial charge on any atom is 0.233 e. The Kier molecular flexibility index (Phi) is 4.61. The lowest BCUT2D eigenvalue weighted by molar-refractivity contribution is -0.140. The third-order valence-corrected chi connectivity index (χ3v) is 4.82. The summed E-state index contributed by atoms with van der Waals surface area (Å²) in [5, 5.41) is 2.76. The number of allylic oxidation sites excluding steroid dienone is 2.